The van der Waals surface area contributed by atoms with Gasteiger partial charge < -0.3 is 14.7 Å². The van der Waals surface area contributed by atoms with Crippen LogP contribution in [0.3, 0.4) is 0 Å². The molecule has 0 aromatic heterocycles. The lowest BCUT2D eigenvalue weighted by Gasteiger charge is -2.22. The number of carbonyl (C=O) groups excluding carboxylic acids is 2. The van der Waals surface area contributed by atoms with Crippen molar-refractivity contribution >= 4 is 11.8 Å². The second-order valence-electron chi connectivity index (χ2n) is 7.07. The number of likely N-dealkylation sites (tertiary alicyclic amines) is 1. The standard InChI is InChI=1S/C17H29N3O2/c21-16(19-9-1-2-10-19)6-7-17(22)20-11-3-8-18(12-13-20)14-15-4-5-15/h15H,1-14H2. The zero-order chi connectivity index (χ0) is 15.4. The maximum atomic E-state index is 12.3. The van der Waals surface area contributed by atoms with Crippen molar-refractivity contribution in [2.24, 2.45) is 5.92 Å². The molecule has 0 bridgehead atoms. The smallest absolute Gasteiger partial charge is 0.223 e. The molecule has 1 aliphatic carbocycles. The van der Waals surface area contributed by atoms with E-state index in [9.17, 15) is 9.59 Å². The van der Waals surface area contributed by atoms with Gasteiger partial charge in [-0.3, -0.25) is 9.59 Å². The third-order valence-corrected chi connectivity index (χ3v) is 5.17. The molecule has 3 fully saturated rings. The van der Waals surface area contributed by atoms with Gasteiger partial charge in [0, 0.05) is 52.1 Å². The highest BCUT2D eigenvalue weighted by Crippen LogP contribution is 2.29. The van der Waals surface area contributed by atoms with Crippen molar-refractivity contribution in [3.63, 3.8) is 0 Å². The van der Waals surface area contributed by atoms with Gasteiger partial charge in [0.05, 0.1) is 0 Å². The quantitative estimate of drug-likeness (QED) is 0.770. The molecule has 1 saturated carbocycles. The van der Waals surface area contributed by atoms with Crippen molar-refractivity contribution in [3.8, 4) is 0 Å². The van der Waals surface area contributed by atoms with Gasteiger partial charge in [0.15, 0.2) is 0 Å². The number of rotatable bonds is 5. The Balaban J connectivity index is 1.38. The Morgan fingerprint density at radius 1 is 0.727 bits per heavy atom. The van der Waals surface area contributed by atoms with Gasteiger partial charge in [-0.25, -0.2) is 0 Å². The summed E-state index contributed by atoms with van der Waals surface area (Å²) in [6.07, 6.45) is 6.85. The van der Waals surface area contributed by atoms with Crippen LogP contribution in [-0.4, -0.2) is 72.3 Å². The van der Waals surface area contributed by atoms with Crippen LogP contribution in [-0.2, 0) is 9.59 Å². The fourth-order valence-electron chi connectivity index (χ4n) is 3.57. The number of nitrogens with zero attached hydrogens (tertiary/aromatic N) is 3. The predicted octanol–water partition coefficient (Wildman–Crippen LogP) is 1.33. The molecule has 3 rings (SSSR count). The van der Waals surface area contributed by atoms with E-state index in [0.29, 0.717) is 12.8 Å². The Morgan fingerprint density at radius 3 is 1.95 bits per heavy atom. The second kappa shape index (κ2) is 7.44. The van der Waals surface area contributed by atoms with Crippen LogP contribution in [0.15, 0.2) is 0 Å². The first-order valence-electron chi connectivity index (χ1n) is 9.00. The Morgan fingerprint density at radius 2 is 1.32 bits per heavy atom. The van der Waals surface area contributed by atoms with Gasteiger partial charge in [-0.05, 0) is 44.6 Å². The highest BCUT2D eigenvalue weighted by molar-refractivity contribution is 5.84. The fraction of sp³-hybridized carbons (Fsp3) is 0.882. The minimum atomic E-state index is 0.163. The summed E-state index contributed by atoms with van der Waals surface area (Å²) in [5.74, 6) is 1.25. The Bertz CT molecular complexity index is 403. The summed E-state index contributed by atoms with van der Waals surface area (Å²) in [4.78, 5) is 30.8. The van der Waals surface area contributed by atoms with E-state index in [0.717, 1.165) is 64.4 Å². The summed E-state index contributed by atoms with van der Waals surface area (Å²) in [7, 11) is 0. The van der Waals surface area contributed by atoms with Crippen molar-refractivity contribution in [1.82, 2.24) is 14.7 Å². The maximum Gasteiger partial charge on any atom is 0.223 e. The summed E-state index contributed by atoms with van der Waals surface area (Å²) >= 11 is 0. The summed E-state index contributed by atoms with van der Waals surface area (Å²) < 4.78 is 0. The van der Waals surface area contributed by atoms with Gasteiger partial charge in [0.1, 0.15) is 0 Å². The van der Waals surface area contributed by atoms with Crippen LogP contribution in [0, 0.1) is 5.92 Å². The molecule has 2 amide bonds. The lowest BCUT2D eigenvalue weighted by atomic mass is 10.2. The van der Waals surface area contributed by atoms with E-state index in [4.69, 9.17) is 0 Å². The highest BCUT2D eigenvalue weighted by Gasteiger charge is 2.26. The van der Waals surface area contributed by atoms with Crippen molar-refractivity contribution in [1.29, 1.82) is 0 Å². The molecule has 2 heterocycles. The molecule has 5 nitrogen and oxygen atoms in total. The molecule has 0 atom stereocenters. The third-order valence-electron chi connectivity index (χ3n) is 5.17. The van der Waals surface area contributed by atoms with Crippen LogP contribution in [0.4, 0.5) is 0 Å². The average Bonchev–Trinajstić information content (AvgIpc) is 3.23. The molecule has 3 aliphatic rings. The van der Waals surface area contributed by atoms with Gasteiger partial charge >= 0.3 is 0 Å². The first-order valence-corrected chi connectivity index (χ1v) is 9.00. The van der Waals surface area contributed by atoms with E-state index in [1.165, 1.54) is 19.4 Å². The second-order valence-corrected chi connectivity index (χ2v) is 7.07. The molecule has 2 aliphatic heterocycles. The first-order chi connectivity index (χ1) is 10.7. The lowest BCUT2D eigenvalue weighted by molar-refractivity contribution is -0.136. The molecular weight excluding hydrogens is 278 g/mol. The Kier molecular flexibility index (Phi) is 5.34. The molecule has 0 aromatic carbocycles. The summed E-state index contributed by atoms with van der Waals surface area (Å²) in [6.45, 7) is 6.80. The Hall–Kier alpha value is -1.10. The van der Waals surface area contributed by atoms with Crippen molar-refractivity contribution in [3.05, 3.63) is 0 Å². The minimum Gasteiger partial charge on any atom is -0.343 e. The summed E-state index contributed by atoms with van der Waals surface area (Å²) in [6, 6.07) is 0. The molecule has 5 heteroatoms. The van der Waals surface area contributed by atoms with E-state index in [1.807, 2.05) is 9.80 Å². The molecule has 22 heavy (non-hydrogen) atoms. The minimum absolute atomic E-state index is 0.163. The zero-order valence-electron chi connectivity index (χ0n) is 13.6. The zero-order valence-corrected chi connectivity index (χ0v) is 13.6. The van der Waals surface area contributed by atoms with Gasteiger partial charge in [0.2, 0.25) is 11.8 Å². The molecule has 0 aromatic rings. The molecule has 124 valence electrons. The fourth-order valence-corrected chi connectivity index (χ4v) is 3.57. The number of hydrogen-bond donors (Lipinski definition) is 0. The lowest BCUT2D eigenvalue weighted by Crippen LogP contribution is -2.36. The largest absolute Gasteiger partial charge is 0.343 e. The van der Waals surface area contributed by atoms with Crippen molar-refractivity contribution in [2.45, 2.75) is 44.9 Å². The van der Waals surface area contributed by atoms with Crippen LogP contribution >= 0.6 is 0 Å². The van der Waals surface area contributed by atoms with E-state index in [-0.39, 0.29) is 11.8 Å². The van der Waals surface area contributed by atoms with Crippen molar-refractivity contribution in [2.75, 3.05) is 45.8 Å². The van der Waals surface area contributed by atoms with E-state index >= 15 is 0 Å². The summed E-state index contributed by atoms with van der Waals surface area (Å²) in [5, 5.41) is 0. The summed E-state index contributed by atoms with van der Waals surface area (Å²) in [5.41, 5.74) is 0. The van der Waals surface area contributed by atoms with Crippen LogP contribution in [0.5, 0.6) is 0 Å². The molecule has 0 unspecified atom stereocenters. The topological polar surface area (TPSA) is 43.9 Å². The maximum absolute atomic E-state index is 12.3. The van der Waals surface area contributed by atoms with Crippen molar-refractivity contribution < 1.29 is 9.59 Å². The van der Waals surface area contributed by atoms with Crippen LogP contribution in [0.2, 0.25) is 0 Å². The molecule has 0 N–H and O–H groups in total. The van der Waals surface area contributed by atoms with Gasteiger partial charge in [-0.2, -0.15) is 0 Å². The average molecular weight is 307 g/mol. The number of carbonyl (C=O) groups is 2. The van der Waals surface area contributed by atoms with Gasteiger partial charge in [-0.15, -0.1) is 0 Å². The van der Waals surface area contributed by atoms with E-state index in [1.54, 1.807) is 0 Å². The first kappa shape index (κ1) is 15.8. The predicted molar refractivity (Wildman–Crippen MR) is 85.4 cm³/mol. The van der Waals surface area contributed by atoms with Crippen LogP contribution in [0.25, 0.3) is 0 Å². The third kappa shape index (κ3) is 4.45. The molecular formula is C17H29N3O2. The molecule has 0 spiro atoms. The van der Waals surface area contributed by atoms with Gasteiger partial charge in [0.25, 0.3) is 0 Å². The van der Waals surface area contributed by atoms with E-state index < -0.39 is 0 Å². The number of hydrogen-bond acceptors (Lipinski definition) is 3. The SMILES string of the molecule is O=C(CCC(=O)N1CCCN(CC2CC2)CC1)N1CCCC1. The normalized spacial score (nSPS) is 23.6. The van der Waals surface area contributed by atoms with E-state index in [2.05, 4.69) is 4.90 Å². The molecule has 0 radical (unpaired) electrons. The van der Waals surface area contributed by atoms with Crippen LogP contribution < -0.4 is 0 Å². The molecule has 2 saturated heterocycles. The number of amides is 2. The highest BCUT2D eigenvalue weighted by atomic mass is 16.2. The Labute approximate surface area is 133 Å². The monoisotopic (exact) mass is 307 g/mol. The van der Waals surface area contributed by atoms with Crippen LogP contribution in [0.1, 0.15) is 44.9 Å². The van der Waals surface area contributed by atoms with Gasteiger partial charge in [-0.1, -0.05) is 0 Å².